The third kappa shape index (κ3) is 8.06. The van der Waals surface area contributed by atoms with Crippen molar-refractivity contribution in [1.82, 2.24) is 14.5 Å². The first-order valence-corrected chi connectivity index (χ1v) is 16.2. The number of para-hydroxylation sites is 1. The van der Waals surface area contributed by atoms with E-state index in [1.54, 1.807) is 18.2 Å². The molecule has 1 fully saturated rings. The summed E-state index contributed by atoms with van der Waals surface area (Å²) in [5.41, 5.74) is 0.901. The molecule has 1 N–H and O–H groups in total. The third-order valence-corrected chi connectivity index (χ3v) is 10.0. The van der Waals surface area contributed by atoms with E-state index in [1.165, 1.54) is 37.2 Å². The van der Waals surface area contributed by atoms with Crippen LogP contribution in [0.5, 0.6) is 0 Å². The number of anilines is 1. The van der Waals surface area contributed by atoms with Gasteiger partial charge in [-0.05, 0) is 42.7 Å². The van der Waals surface area contributed by atoms with Gasteiger partial charge in [-0.1, -0.05) is 84.6 Å². The van der Waals surface area contributed by atoms with Crippen LogP contribution in [0.15, 0.2) is 72.8 Å². The number of halogens is 3. The minimum absolute atomic E-state index is 0.0318. The second-order valence-electron chi connectivity index (χ2n) is 10.7. The molecule has 12 heteroatoms. The molecule has 1 aliphatic rings. The fourth-order valence-electron chi connectivity index (χ4n) is 5.13. The lowest BCUT2D eigenvalue weighted by molar-refractivity contribution is -0.140. The first kappa shape index (κ1) is 32.7. The molecule has 1 aliphatic carbocycles. The van der Waals surface area contributed by atoms with Crippen LogP contribution in [0, 0.1) is 5.82 Å². The molecule has 1 atom stereocenters. The Morgan fingerprint density at radius 2 is 1.53 bits per heavy atom. The molecule has 0 aliphatic heterocycles. The Morgan fingerprint density at radius 3 is 2.14 bits per heavy atom. The van der Waals surface area contributed by atoms with Crippen molar-refractivity contribution >= 4 is 50.9 Å². The number of rotatable bonds is 12. The van der Waals surface area contributed by atoms with Crippen LogP contribution in [0.25, 0.3) is 0 Å². The van der Waals surface area contributed by atoms with Gasteiger partial charge >= 0.3 is 10.2 Å². The molecule has 3 aromatic carbocycles. The van der Waals surface area contributed by atoms with Gasteiger partial charge in [-0.25, -0.2) is 8.70 Å². The highest BCUT2D eigenvalue weighted by molar-refractivity contribution is 7.90. The third-order valence-electron chi connectivity index (χ3n) is 7.50. The van der Waals surface area contributed by atoms with Gasteiger partial charge in [-0.15, -0.1) is 0 Å². The van der Waals surface area contributed by atoms with Crippen molar-refractivity contribution in [3.8, 4) is 0 Å². The van der Waals surface area contributed by atoms with Gasteiger partial charge in [0.1, 0.15) is 18.4 Å². The maximum absolute atomic E-state index is 15.0. The molecule has 0 radical (unpaired) electrons. The highest BCUT2D eigenvalue weighted by Gasteiger charge is 2.36. The van der Waals surface area contributed by atoms with Crippen molar-refractivity contribution in [3.63, 3.8) is 0 Å². The maximum Gasteiger partial charge on any atom is 0.304 e. The van der Waals surface area contributed by atoms with E-state index in [4.69, 9.17) is 23.2 Å². The predicted molar refractivity (Wildman–Crippen MR) is 168 cm³/mol. The largest absolute Gasteiger partial charge is 0.352 e. The van der Waals surface area contributed by atoms with Gasteiger partial charge in [0.25, 0.3) is 0 Å². The average molecular weight is 650 g/mol. The van der Waals surface area contributed by atoms with E-state index in [2.05, 4.69) is 5.32 Å². The molecular weight excluding hydrogens is 614 g/mol. The number of hydrogen-bond acceptors (Lipinski definition) is 4. The number of carbonyl (C=O) groups excluding carboxylic acids is 2. The molecule has 0 saturated heterocycles. The Balaban J connectivity index is 1.80. The van der Waals surface area contributed by atoms with Crippen LogP contribution in [0.1, 0.15) is 36.8 Å². The summed E-state index contributed by atoms with van der Waals surface area (Å²) in [5, 5.41) is 3.66. The number of nitrogens with zero attached hydrogens (tertiary/aromatic N) is 3. The second-order valence-corrected chi connectivity index (χ2v) is 13.5. The van der Waals surface area contributed by atoms with E-state index in [0.717, 1.165) is 41.6 Å². The molecular formula is C31H35Cl2FN4O4S. The summed E-state index contributed by atoms with van der Waals surface area (Å²) in [4.78, 5) is 29.6. The summed E-state index contributed by atoms with van der Waals surface area (Å²) in [6.45, 7) is -0.953. The molecule has 0 spiro atoms. The molecule has 4 rings (SSSR count). The zero-order valence-corrected chi connectivity index (χ0v) is 26.4. The van der Waals surface area contributed by atoms with Crippen LogP contribution < -0.4 is 9.62 Å². The second kappa shape index (κ2) is 14.5. The summed E-state index contributed by atoms with van der Waals surface area (Å²) < 4.78 is 43.4. The summed E-state index contributed by atoms with van der Waals surface area (Å²) in [7, 11) is -1.74. The standard InChI is InChI=1S/C31H35Cl2FN4O4S/c1-36(2)43(41,42)38(28-18-9-8-17-27(28)34)21-30(39)37(20-24-25(32)15-10-16-26(24)33)29(19-22-11-4-3-5-12-22)31(40)35-23-13-6-7-14-23/h3-5,8-12,15-18,23,29H,6-7,13-14,19-21H2,1-2H3,(H,35,40)/t29-/m0/s1. The fourth-order valence-corrected chi connectivity index (χ4v) is 6.71. The van der Waals surface area contributed by atoms with Crippen molar-refractivity contribution in [3.05, 3.63) is 99.8 Å². The van der Waals surface area contributed by atoms with Crippen molar-refractivity contribution in [1.29, 1.82) is 0 Å². The SMILES string of the molecule is CN(C)S(=O)(=O)N(CC(=O)N(Cc1c(Cl)cccc1Cl)[C@@H](Cc1ccccc1)C(=O)NC1CCCC1)c1ccccc1F. The van der Waals surface area contributed by atoms with Gasteiger partial charge in [0.05, 0.1) is 5.69 Å². The molecule has 2 amide bonds. The van der Waals surface area contributed by atoms with E-state index in [-0.39, 0.29) is 40.6 Å². The van der Waals surface area contributed by atoms with Crippen LogP contribution >= 0.6 is 23.2 Å². The van der Waals surface area contributed by atoms with Crippen LogP contribution in [-0.4, -0.2) is 62.2 Å². The van der Waals surface area contributed by atoms with E-state index in [1.807, 2.05) is 30.3 Å². The van der Waals surface area contributed by atoms with Crippen molar-refractivity contribution < 1.29 is 22.4 Å². The summed E-state index contributed by atoms with van der Waals surface area (Å²) in [6, 6.07) is 18.4. The Hall–Kier alpha value is -3.18. The molecule has 1 saturated carbocycles. The van der Waals surface area contributed by atoms with Gasteiger partial charge in [0.2, 0.25) is 11.8 Å². The van der Waals surface area contributed by atoms with E-state index < -0.39 is 34.5 Å². The van der Waals surface area contributed by atoms with E-state index >= 15 is 0 Å². The molecule has 0 aromatic heterocycles. The highest BCUT2D eigenvalue weighted by Crippen LogP contribution is 2.29. The summed E-state index contributed by atoms with van der Waals surface area (Å²) >= 11 is 13.0. The molecule has 0 heterocycles. The Morgan fingerprint density at radius 1 is 0.930 bits per heavy atom. The smallest absolute Gasteiger partial charge is 0.304 e. The molecule has 3 aromatic rings. The number of hydrogen-bond donors (Lipinski definition) is 1. The topological polar surface area (TPSA) is 90.0 Å². The summed E-state index contributed by atoms with van der Waals surface area (Å²) in [6.07, 6.45) is 3.79. The molecule has 0 bridgehead atoms. The first-order valence-electron chi connectivity index (χ1n) is 14.0. The highest BCUT2D eigenvalue weighted by atomic mass is 35.5. The normalized spacial score (nSPS) is 14.5. The zero-order valence-electron chi connectivity index (χ0n) is 24.0. The number of amides is 2. The van der Waals surface area contributed by atoms with Crippen molar-refractivity contribution in [2.45, 2.75) is 50.7 Å². The van der Waals surface area contributed by atoms with Gasteiger partial charge in [-0.2, -0.15) is 12.7 Å². The van der Waals surface area contributed by atoms with Gasteiger partial charge in [0.15, 0.2) is 0 Å². The van der Waals surface area contributed by atoms with Crippen LogP contribution in [0.3, 0.4) is 0 Å². The molecule has 43 heavy (non-hydrogen) atoms. The molecule has 230 valence electrons. The van der Waals surface area contributed by atoms with E-state index in [0.29, 0.717) is 9.87 Å². The lowest BCUT2D eigenvalue weighted by atomic mass is 10.0. The van der Waals surface area contributed by atoms with Crippen LogP contribution in [0.2, 0.25) is 10.0 Å². The lowest BCUT2D eigenvalue weighted by Gasteiger charge is -2.35. The zero-order chi connectivity index (χ0) is 31.1. The average Bonchev–Trinajstić information content (AvgIpc) is 3.48. The van der Waals surface area contributed by atoms with Crippen LogP contribution in [0.4, 0.5) is 10.1 Å². The number of benzene rings is 3. The summed E-state index contributed by atoms with van der Waals surface area (Å²) in [5.74, 6) is -1.92. The Labute approximate surface area is 262 Å². The molecule has 0 unspecified atom stereocenters. The molecule has 8 nitrogen and oxygen atoms in total. The Kier molecular flexibility index (Phi) is 11.1. The van der Waals surface area contributed by atoms with Crippen molar-refractivity contribution in [2.24, 2.45) is 0 Å². The first-order chi connectivity index (χ1) is 20.5. The number of nitrogens with one attached hydrogen (secondary N) is 1. The quantitative estimate of drug-likeness (QED) is 0.283. The van der Waals surface area contributed by atoms with Crippen LogP contribution in [-0.2, 0) is 32.8 Å². The predicted octanol–water partition coefficient (Wildman–Crippen LogP) is 5.44. The van der Waals surface area contributed by atoms with Gasteiger partial charge in [-0.3, -0.25) is 9.59 Å². The van der Waals surface area contributed by atoms with Gasteiger partial charge < -0.3 is 10.2 Å². The maximum atomic E-state index is 15.0. The van der Waals surface area contributed by atoms with E-state index in [9.17, 15) is 22.4 Å². The van der Waals surface area contributed by atoms with Crippen molar-refractivity contribution in [2.75, 3.05) is 24.9 Å². The minimum Gasteiger partial charge on any atom is -0.352 e. The van der Waals surface area contributed by atoms with Gasteiger partial charge in [0, 0.05) is 48.7 Å². The Bertz CT molecular complexity index is 1520. The number of carbonyl (C=O) groups is 2. The lowest BCUT2D eigenvalue weighted by Crippen LogP contribution is -2.55. The minimum atomic E-state index is -4.33. The monoisotopic (exact) mass is 648 g/mol. The fraction of sp³-hybridized carbons (Fsp3) is 0.355.